The van der Waals surface area contributed by atoms with E-state index in [-0.39, 0.29) is 12.5 Å². The molecule has 1 aromatic rings. The molecule has 0 bridgehead atoms. The van der Waals surface area contributed by atoms with Crippen molar-refractivity contribution in [1.82, 2.24) is 9.88 Å². The highest BCUT2D eigenvalue weighted by Crippen LogP contribution is 2.32. The number of aromatic amines is 1. The number of carbonyl (C=O) groups excluding carboxylic acids is 1. The van der Waals surface area contributed by atoms with E-state index in [1.807, 2.05) is 13.8 Å². The molecule has 2 rings (SSSR count). The van der Waals surface area contributed by atoms with E-state index in [2.05, 4.69) is 4.98 Å². The van der Waals surface area contributed by atoms with Crippen molar-refractivity contribution < 1.29 is 19.4 Å². The van der Waals surface area contributed by atoms with Crippen LogP contribution in [0, 0.1) is 0 Å². The number of carboxylic acids is 1. The SMILES string of the molecule is CC(C)c1[nH]c2c(c1C(=O)O)CN(C(=O)OC(C)(C)C)C2. The molecule has 21 heavy (non-hydrogen) atoms. The van der Waals surface area contributed by atoms with Crippen LogP contribution in [0.5, 0.6) is 0 Å². The zero-order valence-electron chi connectivity index (χ0n) is 13.1. The Balaban J connectivity index is 2.24. The van der Waals surface area contributed by atoms with Gasteiger partial charge >= 0.3 is 12.1 Å². The van der Waals surface area contributed by atoms with E-state index in [0.717, 1.165) is 11.4 Å². The van der Waals surface area contributed by atoms with Crippen LogP contribution in [0.3, 0.4) is 0 Å². The summed E-state index contributed by atoms with van der Waals surface area (Å²) in [5.41, 5.74) is 1.94. The molecule has 0 aromatic carbocycles. The van der Waals surface area contributed by atoms with Crippen LogP contribution >= 0.6 is 0 Å². The van der Waals surface area contributed by atoms with Crippen LogP contribution in [0.1, 0.15) is 67.8 Å². The second kappa shape index (κ2) is 5.09. The number of H-pyrrole nitrogens is 1. The second-order valence-electron chi connectivity index (χ2n) is 6.67. The van der Waals surface area contributed by atoms with Crippen molar-refractivity contribution in [3.05, 3.63) is 22.5 Å². The summed E-state index contributed by atoms with van der Waals surface area (Å²) in [7, 11) is 0. The molecular formula is C15H22N2O4. The largest absolute Gasteiger partial charge is 0.478 e. The van der Waals surface area contributed by atoms with Crippen molar-refractivity contribution in [2.75, 3.05) is 0 Å². The fourth-order valence-corrected chi connectivity index (χ4v) is 2.49. The van der Waals surface area contributed by atoms with E-state index in [0.29, 0.717) is 17.7 Å². The third-order valence-corrected chi connectivity index (χ3v) is 3.36. The van der Waals surface area contributed by atoms with Gasteiger partial charge in [-0.3, -0.25) is 4.90 Å². The zero-order chi connectivity index (χ0) is 15.9. The minimum Gasteiger partial charge on any atom is -0.478 e. The number of carbonyl (C=O) groups is 2. The molecule has 1 aliphatic heterocycles. The van der Waals surface area contributed by atoms with Crippen molar-refractivity contribution in [1.29, 1.82) is 0 Å². The quantitative estimate of drug-likeness (QED) is 0.878. The van der Waals surface area contributed by atoms with Gasteiger partial charge < -0.3 is 14.8 Å². The third-order valence-electron chi connectivity index (χ3n) is 3.36. The van der Waals surface area contributed by atoms with Gasteiger partial charge in [-0.25, -0.2) is 9.59 Å². The zero-order valence-corrected chi connectivity index (χ0v) is 13.1. The first-order valence-corrected chi connectivity index (χ1v) is 7.05. The van der Waals surface area contributed by atoms with Gasteiger partial charge in [0.1, 0.15) is 5.60 Å². The first-order chi connectivity index (χ1) is 9.60. The van der Waals surface area contributed by atoms with E-state index >= 15 is 0 Å². The molecule has 0 spiro atoms. The molecular weight excluding hydrogens is 272 g/mol. The highest BCUT2D eigenvalue weighted by Gasteiger charge is 2.34. The van der Waals surface area contributed by atoms with Gasteiger partial charge in [0, 0.05) is 17.0 Å². The Hall–Kier alpha value is -1.98. The van der Waals surface area contributed by atoms with Crippen LogP contribution in [-0.4, -0.2) is 32.7 Å². The Morgan fingerprint density at radius 2 is 1.90 bits per heavy atom. The van der Waals surface area contributed by atoms with Crippen molar-refractivity contribution in [2.24, 2.45) is 0 Å². The summed E-state index contributed by atoms with van der Waals surface area (Å²) in [6, 6.07) is 0. The predicted octanol–water partition coefficient (Wildman–Crippen LogP) is 3.09. The standard InChI is InChI=1S/C15H22N2O4/c1-8(2)12-11(13(18)19)9-6-17(7-10(9)16-12)14(20)21-15(3,4)5/h8,16H,6-7H2,1-5H3,(H,18,19). The number of fused-ring (bicyclic) bond motifs is 1. The van der Waals surface area contributed by atoms with Gasteiger partial charge in [-0.1, -0.05) is 13.8 Å². The van der Waals surface area contributed by atoms with E-state index in [9.17, 15) is 14.7 Å². The van der Waals surface area contributed by atoms with Crippen LogP contribution in [0.2, 0.25) is 0 Å². The van der Waals surface area contributed by atoms with E-state index in [4.69, 9.17) is 4.74 Å². The number of rotatable bonds is 2. The van der Waals surface area contributed by atoms with Gasteiger partial charge in [0.15, 0.2) is 0 Å². The highest BCUT2D eigenvalue weighted by molar-refractivity contribution is 5.92. The molecule has 1 aromatic heterocycles. The molecule has 0 unspecified atom stereocenters. The number of carboxylic acid groups (broad SMARTS) is 1. The molecule has 0 aliphatic carbocycles. The molecule has 0 saturated carbocycles. The molecule has 6 heteroatoms. The van der Waals surface area contributed by atoms with Crippen molar-refractivity contribution in [2.45, 2.75) is 59.2 Å². The summed E-state index contributed by atoms with van der Waals surface area (Å²) in [5.74, 6) is -0.862. The summed E-state index contributed by atoms with van der Waals surface area (Å²) in [4.78, 5) is 28.2. The van der Waals surface area contributed by atoms with Crippen LogP contribution in [0.4, 0.5) is 4.79 Å². The van der Waals surface area contributed by atoms with Crippen molar-refractivity contribution >= 4 is 12.1 Å². The summed E-state index contributed by atoms with van der Waals surface area (Å²) in [6.07, 6.45) is -0.422. The minimum atomic E-state index is -0.956. The molecule has 0 radical (unpaired) electrons. The van der Waals surface area contributed by atoms with E-state index in [1.165, 1.54) is 4.90 Å². The third kappa shape index (κ3) is 3.04. The number of hydrogen-bond donors (Lipinski definition) is 2. The number of nitrogens with zero attached hydrogens (tertiary/aromatic N) is 1. The van der Waals surface area contributed by atoms with Gasteiger partial charge in [-0.15, -0.1) is 0 Å². The van der Waals surface area contributed by atoms with Gasteiger partial charge in [-0.2, -0.15) is 0 Å². The molecule has 0 fully saturated rings. The summed E-state index contributed by atoms with van der Waals surface area (Å²) in [6.45, 7) is 9.93. The Labute approximate surface area is 124 Å². The monoisotopic (exact) mass is 294 g/mol. The van der Waals surface area contributed by atoms with E-state index in [1.54, 1.807) is 20.8 Å². The average Bonchev–Trinajstić information content (AvgIpc) is 2.81. The minimum absolute atomic E-state index is 0.0941. The highest BCUT2D eigenvalue weighted by atomic mass is 16.6. The maximum atomic E-state index is 12.1. The Kier molecular flexibility index (Phi) is 3.74. The average molecular weight is 294 g/mol. The first kappa shape index (κ1) is 15.4. The molecule has 6 nitrogen and oxygen atoms in total. The van der Waals surface area contributed by atoms with Gasteiger partial charge in [-0.05, 0) is 26.7 Å². The molecule has 0 saturated heterocycles. The summed E-state index contributed by atoms with van der Waals surface area (Å²) >= 11 is 0. The normalized spacial score (nSPS) is 14.5. The smallest absolute Gasteiger partial charge is 0.410 e. The lowest BCUT2D eigenvalue weighted by Gasteiger charge is -2.24. The number of nitrogens with one attached hydrogen (secondary N) is 1. The molecule has 1 amide bonds. The number of amides is 1. The van der Waals surface area contributed by atoms with Gasteiger partial charge in [0.25, 0.3) is 0 Å². The van der Waals surface area contributed by atoms with Crippen molar-refractivity contribution in [3.8, 4) is 0 Å². The van der Waals surface area contributed by atoms with Crippen LogP contribution in [-0.2, 0) is 17.8 Å². The van der Waals surface area contributed by atoms with Crippen LogP contribution in [0.25, 0.3) is 0 Å². The number of ether oxygens (including phenoxy) is 1. The maximum absolute atomic E-state index is 12.1. The molecule has 2 N–H and O–H groups in total. The predicted molar refractivity (Wildman–Crippen MR) is 77.3 cm³/mol. The Morgan fingerprint density at radius 1 is 1.29 bits per heavy atom. The lowest BCUT2D eigenvalue weighted by molar-refractivity contribution is 0.0238. The molecule has 1 aliphatic rings. The molecule has 116 valence electrons. The Bertz CT molecular complexity index is 581. The number of aromatic carboxylic acids is 1. The summed E-state index contributed by atoms with van der Waals surface area (Å²) < 4.78 is 5.33. The number of hydrogen-bond acceptors (Lipinski definition) is 3. The van der Waals surface area contributed by atoms with E-state index < -0.39 is 17.7 Å². The van der Waals surface area contributed by atoms with Crippen molar-refractivity contribution in [3.63, 3.8) is 0 Å². The van der Waals surface area contributed by atoms with Crippen LogP contribution in [0.15, 0.2) is 0 Å². The van der Waals surface area contributed by atoms with Crippen LogP contribution < -0.4 is 0 Å². The second-order valence-corrected chi connectivity index (χ2v) is 6.67. The van der Waals surface area contributed by atoms with Gasteiger partial charge in [0.05, 0.1) is 18.7 Å². The maximum Gasteiger partial charge on any atom is 0.410 e. The first-order valence-electron chi connectivity index (χ1n) is 7.05. The van der Waals surface area contributed by atoms with Gasteiger partial charge in [0.2, 0.25) is 0 Å². The Morgan fingerprint density at radius 3 is 2.38 bits per heavy atom. The lowest BCUT2D eigenvalue weighted by Crippen LogP contribution is -2.33. The topological polar surface area (TPSA) is 82.6 Å². The molecule has 0 atom stereocenters. The fourth-order valence-electron chi connectivity index (χ4n) is 2.49. The fraction of sp³-hybridized carbons (Fsp3) is 0.600. The molecule has 2 heterocycles. The lowest BCUT2D eigenvalue weighted by atomic mass is 10.0. The number of aromatic nitrogens is 1. The summed E-state index contributed by atoms with van der Waals surface area (Å²) in [5, 5.41) is 9.42.